The molecule has 7 nitrogen and oxygen atoms in total. The van der Waals surface area contributed by atoms with Gasteiger partial charge in [-0.2, -0.15) is 17.7 Å². The Morgan fingerprint density at radius 3 is 2.30 bits per heavy atom. The summed E-state index contributed by atoms with van der Waals surface area (Å²) in [6, 6.07) is 10.9. The summed E-state index contributed by atoms with van der Waals surface area (Å²) < 4.78 is 39.8. The SMILES string of the molecule is Nc1ccc(CN2CCN(c3ccc4nnc(C(F)(F)F)n4n3)CC2)cc1. The number of nitrogens with two attached hydrogens (primary N) is 1. The Balaban J connectivity index is 1.45. The van der Waals surface area contributed by atoms with Crippen molar-refractivity contribution in [2.75, 3.05) is 36.8 Å². The lowest BCUT2D eigenvalue weighted by Gasteiger charge is -2.35. The molecule has 1 aromatic carbocycles. The molecule has 10 heteroatoms. The standard InChI is InChI=1S/C17H18F3N7/c18-17(19,20)16-23-22-14-5-6-15(24-27(14)16)26-9-7-25(8-10-26)11-12-1-3-13(21)4-2-12/h1-6H,7-11,21H2. The summed E-state index contributed by atoms with van der Waals surface area (Å²) in [5.41, 5.74) is 7.69. The van der Waals surface area contributed by atoms with Crippen LogP contribution < -0.4 is 10.6 Å². The van der Waals surface area contributed by atoms with Crippen molar-refractivity contribution in [1.29, 1.82) is 0 Å². The monoisotopic (exact) mass is 377 g/mol. The number of piperazine rings is 1. The highest BCUT2D eigenvalue weighted by molar-refractivity contribution is 5.46. The fourth-order valence-corrected chi connectivity index (χ4v) is 3.14. The molecule has 27 heavy (non-hydrogen) atoms. The van der Waals surface area contributed by atoms with E-state index in [9.17, 15) is 13.2 Å². The molecule has 2 N–H and O–H groups in total. The molecular weight excluding hydrogens is 359 g/mol. The minimum atomic E-state index is -4.59. The minimum Gasteiger partial charge on any atom is -0.399 e. The van der Waals surface area contributed by atoms with E-state index in [0.29, 0.717) is 18.9 Å². The van der Waals surface area contributed by atoms with Gasteiger partial charge in [0.05, 0.1) is 0 Å². The van der Waals surface area contributed by atoms with E-state index in [-0.39, 0.29) is 5.65 Å². The summed E-state index contributed by atoms with van der Waals surface area (Å²) in [5.74, 6) is -0.624. The number of hydrogen-bond acceptors (Lipinski definition) is 6. The molecule has 2 aromatic heterocycles. The van der Waals surface area contributed by atoms with Gasteiger partial charge in [0.15, 0.2) is 5.65 Å². The number of halogens is 3. The summed E-state index contributed by atoms with van der Waals surface area (Å²) in [6.07, 6.45) is -4.59. The molecule has 0 saturated carbocycles. The number of alkyl halides is 3. The lowest BCUT2D eigenvalue weighted by molar-refractivity contribution is -0.146. The molecular formula is C17H18F3N7. The molecule has 3 heterocycles. The maximum absolute atomic E-state index is 13.0. The average Bonchev–Trinajstić information content (AvgIpc) is 3.08. The fraction of sp³-hybridized carbons (Fsp3) is 0.353. The van der Waals surface area contributed by atoms with E-state index >= 15 is 0 Å². The molecule has 1 aliphatic heterocycles. The first kappa shape index (κ1) is 17.5. The number of benzene rings is 1. The van der Waals surface area contributed by atoms with Gasteiger partial charge in [-0.3, -0.25) is 4.90 Å². The normalized spacial score (nSPS) is 16.2. The smallest absolute Gasteiger partial charge is 0.399 e. The first-order chi connectivity index (χ1) is 12.9. The molecule has 142 valence electrons. The average molecular weight is 377 g/mol. The van der Waals surface area contributed by atoms with Crippen LogP contribution in [0.1, 0.15) is 11.4 Å². The molecule has 0 radical (unpaired) electrons. The van der Waals surface area contributed by atoms with Crippen LogP contribution in [0.3, 0.4) is 0 Å². The van der Waals surface area contributed by atoms with Gasteiger partial charge in [-0.25, -0.2) is 0 Å². The van der Waals surface area contributed by atoms with Crippen molar-refractivity contribution in [1.82, 2.24) is 24.7 Å². The van der Waals surface area contributed by atoms with Crippen molar-refractivity contribution < 1.29 is 13.2 Å². The zero-order valence-electron chi connectivity index (χ0n) is 14.4. The maximum atomic E-state index is 13.0. The lowest BCUT2D eigenvalue weighted by Crippen LogP contribution is -2.46. The summed E-state index contributed by atoms with van der Waals surface area (Å²) in [6.45, 7) is 3.74. The first-order valence-corrected chi connectivity index (χ1v) is 8.51. The van der Waals surface area contributed by atoms with Gasteiger partial charge in [0.1, 0.15) is 5.82 Å². The highest BCUT2D eigenvalue weighted by Gasteiger charge is 2.37. The van der Waals surface area contributed by atoms with Crippen LogP contribution in [0, 0.1) is 0 Å². The molecule has 3 aromatic rings. The van der Waals surface area contributed by atoms with Crippen molar-refractivity contribution in [3.63, 3.8) is 0 Å². The molecule has 4 rings (SSSR count). The third kappa shape index (κ3) is 3.65. The van der Waals surface area contributed by atoms with Gasteiger partial charge >= 0.3 is 6.18 Å². The third-order valence-corrected chi connectivity index (χ3v) is 4.58. The molecule has 0 amide bonds. The largest absolute Gasteiger partial charge is 0.453 e. The van der Waals surface area contributed by atoms with E-state index in [1.54, 1.807) is 6.07 Å². The number of aromatic nitrogens is 4. The van der Waals surface area contributed by atoms with E-state index in [0.717, 1.165) is 29.8 Å². The second-order valence-corrected chi connectivity index (χ2v) is 6.49. The fourth-order valence-electron chi connectivity index (χ4n) is 3.14. The second kappa shape index (κ2) is 6.69. The van der Waals surface area contributed by atoms with Gasteiger partial charge in [-0.1, -0.05) is 12.1 Å². The summed E-state index contributed by atoms with van der Waals surface area (Å²) in [5, 5.41) is 10.8. The number of nitrogens with zero attached hydrogens (tertiary/aromatic N) is 6. The van der Waals surface area contributed by atoms with Gasteiger partial charge in [-0.05, 0) is 29.8 Å². The molecule has 0 bridgehead atoms. The highest BCUT2D eigenvalue weighted by Crippen LogP contribution is 2.28. The topological polar surface area (TPSA) is 75.6 Å². The van der Waals surface area contributed by atoms with Gasteiger partial charge in [-0.15, -0.1) is 15.3 Å². The van der Waals surface area contributed by atoms with Gasteiger partial charge < -0.3 is 10.6 Å². The van der Waals surface area contributed by atoms with E-state index in [1.807, 2.05) is 29.2 Å². The van der Waals surface area contributed by atoms with Crippen molar-refractivity contribution in [2.24, 2.45) is 0 Å². The van der Waals surface area contributed by atoms with Gasteiger partial charge in [0, 0.05) is 38.4 Å². The quantitative estimate of drug-likeness (QED) is 0.704. The zero-order chi connectivity index (χ0) is 19.0. The van der Waals surface area contributed by atoms with Crippen molar-refractivity contribution in [2.45, 2.75) is 12.7 Å². The van der Waals surface area contributed by atoms with Crippen molar-refractivity contribution >= 4 is 17.2 Å². The minimum absolute atomic E-state index is 0.0769. The maximum Gasteiger partial charge on any atom is 0.453 e. The number of nitrogen functional groups attached to an aromatic ring is 1. The van der Waals surface area contributed by atoms with Crippen LogP contribution in [0.2, 0.25) is 0 Å². The van der Waals surface area contributed by atoms with Crippen molar-refractivity contribution in [3.8, 4) is 0 Å². The van der Waals surface area contributed by atoms with Crippen molar-refractivity contribution in [3.05, 3.63) is 47.8 Å². The van der Waals surface area contributed by atoms with E-state index in [1.165, 1.54) is 11.6 Å². The van der Waals surface area contributed by atoms with E-state index in [4.69, 9.17) is 5.73 Å². The van der Waals surface area contributed by atoms with Crippen LogP contribution in [0.15, 0.2) is 36.4 Å². The van der Waals surface area contributed by atoms with Gasteiger partial charge in [0.2, 0.25) is 0 Å². The second-order valence-electron chi connectivity index (χ2n) is 6.49. The lowest BCUT2D eigenvalue weighted by atomic mass is 10.2. The molecule has 0 unspecified atom stereocenters. The van der Waals surface area contributed by atoms with Crippen LogP contribution in [0.25, 0.3) is 5.65 Å². The zero-order valence-corrected chi connectivity index (χ0v) is 14.4. The van der Waals surface area contributed by atoms with Crippen LogP contribution in [0.5, 0.6) is 0 Å². The van der Waals surface area contributed by atoms with Crippen LogP contribution in [-0.4, -0.2) is 50.9 Å². The molecule has 1 aliphatic rings. The predicted molar refractivity (Wildman–Crippen MR) is 94.1 cm³/mol. The molecule has 1 saturated heterocycles. The predicted octanol–water partition coefficient (Wildman–Crippen LogP) is 2.05. The third-order valence-electron chi connectivity index (χ3n) is 4.58. The number of anilines is 2. The Labute approximate surface area is 153 Å². The van der Waals surface area contributed by atoms with Gasteiger partial charge in [0.25, 0.3) is 5.82 Å². The Hall–Kier alpha value is -2.88. The molecule has 0 spiro atoms. The number of rotatable bonds is 3. The van der Waals surface area contributed by atoms with E-state index < -0.39 is 12.0 Å². The van der Waals surface area contributed by atoms with Crippen LogP contribution >= 0.6 is 0 Å². The molecule has 1 fully saturated rings. The first-order valence-electron chi connectivity index (χ1n) is 8.51. The highest BCUT2D eigenvalue weighted by atomic mass is 19.4. The Bertz CT molecular complexity index is 928. The van der Waals surface area contributed by atoms with Crippen LogP contribution in [0.4, 0.5) is 24.7 Å². The summed E-state index contributed by atoms with van der Waals surface area (Å²) in [4.78, 5) is 4.26. The Morgan fingerprint density at radius 1 is 0.926 bits per heavy atom. The van der Waals surface area contributed by atoms with Crippen LogP contribution in [-0.2, 0) is 12.7 Å². The Morgan fingerprint density at radius 2 is 1.63 bits per heavy atom. The molecule has 0 atom stereocenters. The van der Waals surface area contributed by atoms with E-state index in [2.05, 4.69) is 20.2 Å². The summed E-state index contributed by atoms with van der Waals surface area (Å²) >= 11 is 0. The number of fused-ring (bicyclic) bond motifs is 1. The molecule has 0 aliphatic carbocycles. The number of hydrogen-bond donors (Lipinski definition) is 1. The summed E-state index contributed by atoms with van der Waals surface area (Å²) in [7, 11) is 0. The Kier molecular flexibility index (Phi) is 4.34.